The Balaban J connectivity index is 1.89. The lowest BCUT2D eigenvalue weighted by Crippen LogP contribution is -2.26. The molecule has 0 aliphatic heterocycles. The van der Waals surface area contributed by atoms with E-state index >= 15 is 0 Å². The highest BCUT2D eigenvalue weighted by Crippen LogP contribution is 2.20. The highest BCUT2D eigenvalue weighted by atomic mass is 32.2. The third-order valence-electron chi connectivity index (χ3n) is 3.38. The maximum Gasteiger partial charge on any atom is 0.252 e. The van der Waals surface area contributed by atoms with Crippen molar-refractivity contribution in [3.8, 4) is 0 Å². The van der Waals surface area contributed by atoms with Gasteiger partial charge in [0.25, 0.3) is 5.91 Å². The molecule has 1 amide bonds. The third-order valence-corrected chi connectivity index (χ3v) is 4.18. The first-order chi connectivity index (χ1) is 10.1. The number of aromatic nitrogens is 1. The molecule has 1 heterocycles. The number of nitrogens with one attached hydrogen (secondary N) is 1. The Morgan fingerprint density at radius 3 is 2.76 bits per heavy atom. The molecule has 0 saturated carbocycles. The van der Waals surface area contributed by atoms with Crippen LogP contribution in [0.2, 0.25) is 0 Å². The van der Waals surface area contributed by atoms with E-state index in [0.717, 1.165) is 10.6 Å². The second-order valence-corrected chi connectivity index (χ2v) is 5.65. The topological polar surface area (TPSA) is 54.3 Å². The van der Waals surface area contributed by atoms with Gasteiger partial charge >= 0.3 is 0 Å². The molecule has 0 fully saturated rings. The Bertz CT molecular complexity index is 610. The van der Waals surface area contributed by atoms with Crippen LogP contribution in [-0.2, 0) is 7.05 Å². The predicted octanol–water partition coefficient (Wildman–Crippen LogP) is 2.60. The molecule has 21 heavy (non-hydrogen) atoms. The van der Waals surface area contributed by atoms with Crippen LogP contribution in [0.25, 0.3) is 0 Å². The molecule has 0 radical (unpaired) electrons. The third kappa shape index (κ3) is 3.89. The molecule has 2 aromatic rings. The minimum atomic E-state index is -0.568. The maximum atomic E-state index is 12.1. The molecule has 0 aliphatic carbocycles. The van der Waals surface area contributed by atoms with Crippen molar-refractivity contribution in [3.05, 3.63) is 53.9 Å². The van der Waals surface area contributed by atoms with Crippen LogP contribution in [0, 0.1) is 0 Å². The van der Waals surface area contributed by atoms with Crippen molar-refractivity contribution < 1.29 is 9.90 Å². The summed E-state index contributed by atoms with van der Waals surface area (Å²) in [6, 6.07) is 11.3. The summed E-state index contributed by atoms with van der Waals surface area (Å²) in [6.45, 7) is 0.438. The van der Waals surface area contributed by atoms with Gasteiger partial charge in [0, 0.05) is 30.4 Å². The van der Waals surface area contributed by atoms with Gasteiger partial charge in [-0.05, 0) is 36.9 Å². The summed E-state index contributed by atoms with van der Waals surface area (Å²) in [4.78, 5) is 13.1. The molecule has 0 saturated heterocycles. The zero-order valence-corrected chi connectivity index (χ0v) is 13.1. The Morgan fingerprint density at radius 1 is 1.33 bits per heavy atom. The summed E-state index contributed by atoms with van der Waals surface area (Å²) in [5.74, 6) is -0.0981. The lowest BCUT2D eigenvalue weighted by atomic mass is 10.1. The van der Waals surface area contributed by atoms with E-state index in [1.165, 1.54) is 0 Å². The number of carbonyl (C=O) groups excluding carboxylic acids is 1. The minimum Gasteiger partial charge on any atom is -0.387 e. The first-order valence-electron chi connectivity index (χ1n) is 6.84. The minimum absolute atomic E-state index is 0.0981. The Kier molecular flexibility index (Phi) is 5.47. The van der Waals surface area contributed by atoms with Gasteiger partial charge in [0.15, 0.2) is 0 Å². The number of thioether (sulfide) groups is 1. The van der Waals surface area contributed by atoms with Crippen LogP contribution in [0.4, 0.5) is 0 Å². The van der Waals surface area contributed by atoms with Gasteiger partial charge in [-0.15, -0.1) is 11.8 Å². The second-order valence-electron chi connectivity index (χ2n) is 4.80. The largest absolute Gasteiger partial charge is 0.387 e. The highest BCUT2D eigenvalue weighted by molar-refractivity contribution is 7.98. The summed E-state index contributed by atoms with van der Waals surface area (Å²) in [6.07, 6.45) is 3.77. The molecule has 0 aliphatic rings. The van der Waals surface area contributed by atoms with E-state index in [1.54, 1.807) is 11.8 Å². The van der Waals surface area contributed by atoms with Crippen LogP contribution in [-0.4, -0.2) is 28.4 Å². The Hall–Kier alpha value is -1.72. The molecule has 0 bridgehead atoms. The first-order valence-corrected chi connectivity index (χ1v) is 8.06. The zero-order chi connectivity index (χ0) is 15.2. The van der Waals surface area contributed by atoms with Crippen molar-refractivity contribution in [2.24, 2.45) is 7.05 Å². The maximum absolute atomic E-state index is 12.1. The molecule has 1 aromatic heterocycles. The van der Waals surface area contributed by atoms with Crippen LogP contribution in [0.15, 0.2) is 47.5 Å². The normalized spacial score (nSPS) is 12.1. The van der Waals surface area contributed by atoms with E-state index in [1.807, 2.05) is 60.5 Å². The number of nitrogens with zero attached hydrogens (tertiary/aromatic N) is 1. The summed E-state index contributed by atoms with van der Waals surface area (Å²) < 4.78 is 1.88. The molecule has 2 rings (SSSR count). The number of aliphatic hydroxyl groups is 1. The number of amides is 1. The number of hydrogen-bond donors (Lipinski definition) is 2. The van der Waals surface area contributed by atoms with Gasteiger partial charge in [0.05, 0.1) is 11.7 Å². The summed E-state index contributed by atoms with van der Waals surface area (Å²) >= 11 is 1.55. The van der Waals surface area contributed by atoms with Gasteiger partial charge in [0.1, 0.15) is 0 Å². The van der Waals surface area contributed by atoms with Gasteiger partial charge in [0.2, 0.25) is 0 Å². The number of aryl methyl sites for hydroxylation is 1. The van der Waals surface area contributed by atoms with E-state index in [-0.39, 0.29) is 5.91 Å². The molecule has 1 aromatic carbocycles. The van der Waals surface area contributed by atoms with Crippen molar-refractivity contribution in [1.29, 1.82) is 0 Å². The average molecular weight is 304 g/mol. The summed E-state index contributed by atoms with van der Waals surface area (Å²) in [5.41, 5.74) is 1.53. The highest BCUT2D eigenvalue weighted by Gasteiger charge is 2.13. The molecule has 0 spiro atoms. The number of rotatable bonds is 6. The van der Waals surface area contributed by atoms with E-state index < -0.39 is 6.10 Å². The van der Waals surface area contributed by atoms with E-state index in [9.17, 15) is 9.90 Å². The van der Waals surface area contributed by atoms with Crippen molar-refractivity contribution in [3.63, 3.8) is 0 Å². The van der Waals surface area contributed by atoms with Crippen LogP contribution < -0.4 is 5.32 Å². The first kappa shape index (κ1) is 15.7. The molecular formula is C16H20N2O2S. The second kappa shape index (κ2) is 7.33. The fraction of sp³-hybridized carbons (Fsp3) is 0.312. The van der Waals surface area contributed by atoms with Gasteiger partial charge < -0.3 is 15.0 Å². The molecule has 4 nitrogen and oxygen atoms in total. The van der Waals surface area contributed by atoms with Crippen LogP contribution in [0.5, 0.6) is 0 Å². The monoisotopic (exact) mass is 304 g/mol. The van der Waals surface area contributed by atoms with E-state index in [2.05, 4.69) is 5.32 Å². The number of hydrogen-bond acceptors (Lipinski definition) is 3. The standard InChI is InChI=1S/C16H20N2O2S/c1-18-11-5-7-13(18)14(19)9-10-17-16(20)12-6-3-4-8-15(12)21-2/h3-8,11,14,19H,9-10H2,1-2H3,(H,17,20). The van der Waals surface area contributed by atoms with Crippen LogP contribution >= 0.6 is 11.8 Å². The SMILES string of the molecule is CSc1ccccc1C(=O)NCCC(O)c1cccn1C. The van der Waals surface area contributed by atoms with Gasteiger partial charge in [-0.3, -0.25) is 4.79 Å². The average Bonchev–Trinajstić information content (AvgIpc) is 2.93. The van der Waals surface area contributed by atoms with E-state index in [0.29, 0.717) is 18.5 Å². The fourth-order valence-corrected chi connectivity index (χ4v) is 2.81. The molecule has 1 atom stereocenters. The van der Waals surface area contributed by atoms with Crippen LogP contribution in [0.3, 0.4) is 0 Å². The quantitative estimate of drug-likeness (QED) is 0.807. The Morgan fingerprint density at radius 2 is 2.10 bits per heavy atom. The molecular weight excluding hydrogens is 284 g/mol. The summed E-state index contributed by atoms with van der Waals surface area (Å²) in [5, 5.41) is 13.0. The number of aliphatic hydroxyl groups excluding tert-OH is 1. The molecule has 112 valence electrons. The van der Waals surface area contributed by atoms with Crippen molar-refractivity contribution in [2.75, 3.05) is 12.8 Å². The van der Waals surface area contributed by atoms with Crippen molar-refractivity contribution in [2.45, 2.75) is 17.4 Å². The number of carbonyl (C=O) groups is 1. The Labute approximate surface area is 129 Å². The van der Waals surface area contributed by atoms with E-state index in [4.69, 9.17) is 0 Å². The van der Waals surface area contributed by atoms with Gasteiger partial charge in [-0.25, -0.2) is 0 Å². The predicted molar refractivity (Wildman–Crippen MR) is 85.5 cm³/mol. The lowest BCUT2D eigenvalue weighted by molar-refractivity contribution is 0.0938. The zero-order valence-electron chi connectivity index (χ0n) is 12.2. The smallest absolute Gasteiger partial charge is 0.252 e. The van der Waals surface area contributed by atoms with Crippen molar-refractivity contribution in [1.82, 2.24) is 9.88 Å². The van der Waals surface area contributed by atoms with Crippen molar-refractivity contribution >= 4 is 17.7 Å². The molecule has 2 N–H and O–H groups in total. The summed E-state index contributed by atoms with van der Waals surface area (Å²) in [7, 11) is 1.89. The number of benzene rings is 1. The lowest BCUT2D eigenvalue weighted by Gasteiger charge is -2.13. The fourth-order valence-electron chi connectivity index (χ4n) is 2.22. The molecule has 1 unspecified atom stereocenters. The van der Waals surface area contributed by atoms with Crippen LogP contribution in [0.1, 0.15) is 28.6 Å². The van der Waals surface area contributed by atoms with Gasteiger partial charge in [-0.2, -0.15) is 0 Å². The molecule has 5 heteroatoms. The van der Waals surface area contributed by atoms with Gasteiger partial charge in [-0.1, -0.05) is 12.1 Å².